The average Bonchev–Trinajstić information content (AvgIpc) is 2.16. The first-order chi connectivity index (χ1) is 6.96. The van der Waals surface area contributed by atoms with Gasteiger partial charge in [-0.25, -0.2) is 0 Å². The normalized spacial score (nSPS) is 11.0. The van der Waals surface area contributed by atoms with Crippen LogP contribution in [-0.4, -0.2) is 19.8 Å². The summed E-state index contributed by atoms with van der Waals surface area (Å²) in [6, 6.07) is 5.41. The zero-order valence-corrected chi connectivity index (χ0v) is 9.66. The van der Waals surface area contributed by atoms with Crippen LogP contribution in [0.4, 0.5) is 0 Å². The van der Waals surface area contributed by atoms with Crippen molar-refractivity contribution in [2.75, 3.05) is 14.2 Å². The van der Waals surface area contributed by atoms with Crippen LogP contribution in [0.1, 0.15) is 13.8 Å². The van der Waals surface area contributed by atoms with Gasteiger partial charge in [0.1, 0.15) is 11.4 Å². The van der Waals surface area contributed by atoms with Gasteiger partial charge in [-0.3, -0.25) is 0 Å². The van der Waals surface area contributed by atoms with E-state index in [0.29, 0.717) is 11.5 Å². The first-order valence-corrected chi connectivity index (χ1v) is 4.72. The number of methoxy groups -OCH3 is 2. The van der Waals surface area contributed by atoms with Crippen molar-refractivity contribution in [3.63, 3.8) is 0 Å². The lowest BCUT2D eigenvalue weighted by molar-refractivity contribution is 0.152. The predicted octanol–water partition coefficient (Wildman–Crippen LogP) is 2.70. The molecule has 0 aliphatic rings. The van der Waals surface area contributed by atoms with Gasteiger partial charge in [-0.1, -0.05) is 0 Å². The summed E-state index contributed by atoms with van der Waals surface area (Å²) in [5, 5.41) is 0. The number of hydrogen-bond donors (Lipinski definition) is 0. The zero-order valence-electron chi connectivity index (χ0n) is 9.66. The van der Waals surface area contributed by atoms with Gasteiger partial charge >= 0.3 is 0 Å². The van der Waals surface area contributed by atoms with Crippen molar-refractivity contribution in [1.82, 2.24) is 0 Å². The summed E-state index contributed by atoms with van der Waals surface area (Å²) in [5.74, 6) is 2.05. The molecule has 0 bridgehead atoms. The lowest BCUT2D eigenvalue weighted by Crippen LogP contribution is -2.23. The summed E-state index contributed by atoms with van der Waals surface area (Å²) in [5.41, 5.74) is -0.484. The molecule has 3 heteroatoms. The molecule has 1 radical (unpaired) electrons. The van der Waals surface area contributed by atoms with Gasteiger partial charge in [0.2, 0.25) is 0 Å². The molecule has 0 aliphatic heterocycles. The summed E-state index contributed by atoms with van der Waals surface area (Å²) in [7, 11) is 3.21. The van der Waals surface area contributed by atoms with E-state index < -0.39 is 5.60 Å². The van der Waals surface area contributed by atoms with E-state index in [4.69, 9.17) is 14.2 Å². The number of hydrogen-bond acceptors (Lipinski definition) is 3. The Hall–Kier alpha value is -1.38. The van der Waals surface area contributed by atoms with E-state index in [1.807, 2.05) is 26.0 Å². The molecule has 0 heterocycles. The Morgan fingerprint density at radius 2 is 1.73 bits per heavy atom. The zero-order chi connectivity index (χ0) is 11.5. The molecule has 0 aromatic heterocycles. The van der Waals surface area contributed by atoms with E-state index in [1.165, 1.54) is 0 Å². The van der Waals surface area contributed by atoms with Crippen molar-refractivity contribution in [3.05, 3.63) is 25.1 Å². The molecule has 0 saturated carbocycles. The minimum absolute atomic E-state index is 0.484. The second-order valence-electron chi connectivity index (χ2n) is 3.88. The molecule has 1 aromatic rings. The van der Waals surface area contributed by atoms with Gasteiger partial charge < -0.3 is 14.2 Å². The number of benzene rings is 1. The second-order valence-corrected chi connectivity index (χ2v) is 3.88. The van der Waals surface area contributed by atoms with Crippen LogP contribution < -0.4 is 14.2 Å². The maximum Gasteiger partial charge on any atom is 0.164 e. The van der Waals surface area contributed by atoms with Gasteiger partial charge in [0.25, 0.3) is 0 Å². The third-order valence-corrected chi connectivity index (χ3v) is 1.76. The molecule has 0 saturated heterocycles. The van der Waals surface area contributed by atoms with Crippen LogP contribution in [-0.2, 0) is 0 Å². The van der Waals surface area contributed by atoms with Crippen molar-refractivity contribution >= 4 is 0 Å². The van der Waals surface area contributed by atoms with Gasteiger partial charge in [-0.2, -0.15) is 0 Å². The predicted molar refractivity (Wildman–Crippen MR) is 59.6 cm³/mol. The van der Waals surface area contributed by atoms with Gasteiger partial charge in [-0.15, -0.1) is 0 Å². The fraction of sp³-hybridized carbons (Fsp3) is 0.417. The molecule has 0 aliphatic carbocycles. The Morgan fingerprint density at radius 1 is 1.07 bits per heavy atom. The SMILES string of the molecule is [CH2]C(C)(C)Oc1ccc(OC)cc1OC. The third-order valence-electron chi connectivity index (χ3n) is 1.76. The molecule has 3 nitrogen and oxygen atoms in total. The van der Waals surface area contributed by atoms with Gasteiger partial charge in [0.15, 0.2) is 11.5 Å². The Labute approximate surface area is 91.0 Å². The first-order valence-electron chi connectivity index (χ1n) is 4.72. The van der Waals surface area contributed by atoms with Crippen LogP contribution in [0.25, 0.3) is 0 Å². The lowest BCUT2D eigenvalue weighted by Gasteiger charge is -2.22. The Bertz CT molecular complexity index is 326. The molecule has 0 fully saturated rings. The largest absolute Gasteiger partial charge is 0.497 e. The van der Waals surface area contributed by atoms with Crippen molar-refractivity contribution in [2.45, 2.75) is 19.4 Å². The van der Waals surface area contributed by atoms with Crippen molar-refractivity contribution in [2.24, 2.45) is 0 Å². The third kappa shape index (κ3) is 3.35. The van der Waals surface area contributed by atoms with Gasteiger partial charge in [-0.05, 0) is 32.9 Å². The number of rotatable bonds is 4. The van der Waals surface area contributed by atoms with Gasteiger partial charge in [0.05, 0.1) is 14.2 Å². The molecule has 1 aromatic carbocycles. The monoisotopic (exact) mass is 209 g/mol. The van der Waals surface area contributed by atoms with E-state index in [9.17, 15) is 0 Å². The molecular formula is C12H17O3. The molecule has 0 spiro atoms. The quantitative estimate of drug-likeness (QED) is 0.763. The van der Waals surface area contributed by atoms with Crippen LogP contribution in [0, 0.1) is 6.92 Å². The Kier molecular flexibility index (Phi) is 3.45. The molecule has 83 valence electrons. The second kappa shape index (κ2) is 4.43. The van der Waals surface area contributed by atoms with Crippen LogP contribution in [0.15, 0.2) is 18.2 Å². The highest BCUT2D eigenvalue weighted by Gasteiger charge is 2.15. The molecule has 0 amide bonds. The summed E-state index contributed by atoms with van der Waals surface area (Å²) in [4.78, 5) is 0. The molecule has 0 N–H and O–H groups in total. The van der Waals surface area contributed by atoms with E-state index >= 15 is 0 Å². The smallest absolute Gasteiger partial charge is 0.164 e. The standard InChI is InChI=1S/C12H17O3/c1-12(2,3)15-10-7-6-9(13-4)8-11(10)14-5/h6-8H,1H2,2-5H3. The van der Waals surface area contributed by atoms with E-state index in [0.717, 1.165) is 5.75 Å². The fourth-order valence-electron chi connectivity index (χ4n) is 1.16. The van der Waals surface area contributed by atoms with Crippen LogP contribution in [0.2, 0.25) is 0 Å². The molecule has 1 rings (SSSR count). The molecule has 0 atom stereocenters. The molecule has 0 unspecified atom stereocenters. The summed E-state index contributed by atoms with van der Waals surface area (Å²) >= 11 is 0. The maximum atomic E-state index is 5.63. The first kappa shape index (κ1) is 11.7. The number of ether oxygens (including phenoxy) is 3. The van der Waals surface area contributed by atoms with E-state index in [2.05, 4.69) is 6.92 Å². The van der Waals surface area contributed by atoms with Crippen LogP contribution >= 0.6 is 0 Å². The summed E-state index contributed by atoms with van der Waals surface area (Å²) in [6.45, 7) is 7.65. The minimum Gasteiger partial charge on any atom is -0.497 e. The maximum absolute atomic E-state index is 5.63. The van der Waals surface area contributed by atoms with Crippen LogP contribution in [0.5, 0.6) is 17.2 Å². The lowest BCUT2D eigenvalue weighted by atomic mass is 10.2. The van der Waals surface area contributed by atoms with Crippen molar-refractivity contribution < 1.29 is 14.2 Å². The highest BCUT2D eigenvalue weighted by Crippen LogP contribution is 2.33. The topological polar surface area (TPSA) is 27.7 Å². The highest BCUT2D eigenvalue weighted by atomic mass is 16.5. The average molecular weight is 209 g/mol. The Morgan fingerprint density at radius 3 is 2.20 bits per heavy atom. The van der Waals surface area contributed by atoms with Crippen molar-refractivity contribution in [3.8, 4) is 17.2 Å². The van der Waals surface area contributed by atoms with E-state index in [-0.39, 0.29) is 0 Å². The van der Waals surface area contributed by atoms with Crippen LogP contribution in [0.3, 0.4) is 0 Å². The Balaban J connectivity index is 2.97. The molecule has 15 heavy (non-hydrogen) atoms. The fourth-order valence-corrected chi connectivity index (χ4v) is 1.16. The van der Waals surface area contributed by atoms with Gasteiger partial charge in [0, 0.05) is 6.07 Å². The van der Waals surface area contributed by atoms with E-state index in [1.54, 1.807) is 20.3 Å². The minimum atomic E-state index is -0.484. The molecular weight excluding hydrogens is 192 g/mol. The van der Waals surface area contributed by atoms with Crippen molar-refractivity contribution in [1.29, 1.82) is 0 Å². The highest BCUT2D eigenvalue weighted by molar-refractivity contribution is 5.45. The summed E-state index contributed by atoms with van der Waals surface area (Å²) < 4.78 is 15.9. The summed E-state index contributed by atoms with van der Waals surface area (Å²) in [6.07, 6.45) is 0.